The van der Waals surface area contributed by atoms with Crippen molar-refractivity contribution in [2.45, 2.75) is 6.54 Å². The van der Waals surface area contributed by atoms with Crippen LogP contribution in [0, 0.1) is 0 Å². The van der Waals surface area contributed by atoms with Crippen LogP contribution in [0.25, 0.3) is 10.8 Å². The fraction of sp³-hybridized carbons (Fsp3) is 0.308. The average molecular weight is 248 g/mol. The zero-order valence-electron chi connectivity index (χ0n) is 10.7. The Hall–Kier alpha value is -2.01. The fourth-order valence-corrected chi connectivity index (χ4v) is 2.02. The minimum Gasteiger partial charge on any atom is -0.493 e. The predicted molar refractivity (Wildman–Crippen MR) is 69.3 cm³/mol. The topological polar surface area (TPSA) is 66.6 Å². The Bertz CT molecular complexity index is 570. The zero-order valence-corrected chi connectivity index (χ0v) is 10.7. The maximum Gasteiger partial charge on any atom is 0.203 e. The predicted octanol–water partition coefficient (Wildman–Crippen LogP) is 1.72. The monoisotopic (exact) mass is 248 g/mol. The number of hydrogen-bond donors (Lipinski definition) is 1. The number of nitrogens with zero attached hydrogens (tertiary/aromatic N) is 1. The Balaban J connectivity index is 2.87. The van der Waals surface area contributed by atoms with Crippen molar-refractivity contribution in [3.05, 3.63) is 24.0 Å². The molecule has 0 aliphatic rings. The van der Waals surface area contributed by atoms with Crippen LogP contribution < -0.4 is 19.9 Å². The smallest absolute Gasteiger partial charge is 0.203 e. The standard InChI is InChI=1S/C13H16N2O3/c1-16-11-6-9-8(4-5-15-10(9)7-14)12(17-2)13(11)18-3/h4-6H,7,14H2,1-3H3. The molecule has 0 aliphatic carbocycles. The molecule has 0 aliphatic heterocycles. The molecular formula is C13H16N2O3. The molecular weight excluding hydrogens is 232 g/mol. The van der Waals surface area contributed by atoms with E-state index in [-0.39, 0.29) is 0 Å². The van der Waals surface area contributed by atoms with Gasteiger partial charge in [-0.25, -0.2) is 0 Å². The van der Waals surface area contributed by atoms with E-state index in [0.29, 0.717) is 23.8 Å². The van der Waals surface area contributed by atoms with Gasteiger partial charge in [0.1, 0.15) is 0 Å². The molecule has 96 valence electrons. The summed E-state index contributed by atoms with van der Waals surface area (Å²) in [5.74, 6) is 1.80. The molecule has 0 amide bonds. The lowest BCUT2D eigenvalue weighted by atomic mass is 10.1. The van der Waals surface area contributed by atoms with Crippen LogP contribution in [0.1, 0.15) is 5.69 Å². The average Bonchev–Trinajstić information content (AvgIpc) is 2.44. The summed E-state index contributed by atoms with van der Waals surface area (Å²) in [6.45, 7) is 0.357. The van der Waals surface area contributed by atoms with Gasteiger partial charge in [0.25, 0.3) is 0 Å². The van der Waals surface area contributed by atoms with E-state index in [4.69, 9.17) is 19.9 Å². The van der Waals surface area contributed by atoms with Gasteiger partial charge in [-0.2, -0.15) is 0 Å². The number of aromatic nitrogens is 1. The quantitative estimate of drug-likeness (QED) is 0.892. The van der Waals surface area contributed by atoms with Gasteiger partial charge in [0.15, 0.2) is 11.5 Å². The van der Waals surface area contributed by atoms with Crippen molar-refractivity contribution in [3.8, 4) is 17.2 Å². The molecule has 18 heavy (non-hydrogen) atoms. The van der Waals surface area contributed by atoms with Gasteiger partial charge in [0.2, 0.25) is 5.75 Å². The molecule has 0 saturated carbocycles. The van der Waals surface area contributed by atoms with Crippen LogP contribution in [0.5, 0.6) is 17.2 Å². The molecule has 0 bridgehead atoms. The zero-order chi connectivity index (χ0) is 13.1. The van der Waals surface area contributed by atoms with E-state index in [0.717, 1.165) is 16.5 Å². The van der Waals surface area contributed by atoms with Crippen LogP contribution in [-0.4, -0.2) is 26.3 Å². The van der Waals surface area contributed by atoms with Gasteiger partial charge in [0, 0.05) is 23.5 Å². The highest BCUT2D eigenvalue weighted by molar-refractivity contribution is 5.94. The summed E-state index contributed by atoms with van der Waals surface area (Å²) in [5, 5.41) is 1.82. The van der Waals surface area contributed by atoms with Crippen LogP contribution in [0.2, 0.25) is 0 Å². The molecule has 0 saturated heterocycles. The van der Waals surface area contributed by atoms with Crippen molar-refractivity contribution in [2.75, 3.05) is 21.3 Å². The molecule has 2 aromatic rings. The summed E-state index contributed by atoms with van der Waals surface area (Å²) < 4.78 is 16.1. The first-order valence-corrected chi connectivity index (χ1v) is 5.53. The fourth-order valence-electron chi connectivity index (χ4n) is 2.02. The minimum absolute atomic E-state index is 0.357. The molecule has 1 aromatic heterocycles. The normalized spacial score (nSPS) is 10.4. The van der Waals surface area contributed by atoms with E-state index in [9.17, 15) is 0 Å². The lowest BCUT2D eigenvalue weighted by molar-refractivity contribution is 0.327. The van der Waals surface area contributed by atoms with Gasteiger partial charge in [-0.05, 0) is 12.1 Å². The van der Waals surface area contributed by atoms with Gasteiger partial charge in [-0.3, -0.25) is 4.98 Å². The molecule has 0 fully saturated rings. The first kappa shape index (κ1) is 12.4. The number of rotatable bonds is 4. The van der Waals surface area contributed by atoms with Crippen molar-refractivity contribution in [1.29, 1.82) is 0 Å². The molecule has 0 spiro atoms. The molecule has 1 heterocycles. The Morgan fingerprint density at radius 2 is 1.78 bits per heavy atom. The Labute approximate surface area is 105 Å². The first-order valence-electron chi connectivity index (χ1n) is 5.53. The third-order valence-electron chi connectivity index (χ3n) is 2.84. The van der Waals surface area contributed by atoms with E-state index in [1.54, 1.807) is 27.5 Å². The number of ether oxygens (including phenoxy) is 3. The highest BCUT2D eigenvalue weighted by Gasteiger charge is 2.17. The molecule has 5 heteroatoms. The van der Waals surface area contributed by atoms with Crippen LogP contribution >= 0.6 is 0 Å². The Kier molecular flexibility index (Phi) is 3.53. The number of nitrogens with two attached hydrogens (primary N) is 1. The summed E-state index contributed by atoms with van der Waals surface area (Å²) in [5.41, 5.74) is 6.49. The van der Waals surface area contributed by atoms with E-state index in [1.807, 2.05) is 12.1 Å². The van der Waals surface area contributed by atoms with E-state index in [2.05, 4.69) is 4.98 Å². The number of benzene rings is 1. The van der Waals surface area contributed by atoms with Crippen LogP contribution in [0.15, 0.2) is 18.3 Å². The maximum absolute atomic E-state index is 5.69. The highest BCUT2D eigenvalue weighted by atomic mass is 16.5. The molecule has 0 unspecified atom stereocenters. The van der Waals surface area contributed by atoms with Crippen molar-refractivity contribution in [1.82, 2.24) is 4.98 Å². The third kappa shape index (κ3) is 1.82. The van der Waals surface area contributed by atoms with Crippen LogP contribution in [0.4, 0.5) is 0 Å². The van der Waals surface area contributed by atoms with Crippen molar-refractivity contribution < 1.29 is 14.2 Å². The van der Waals surface area contributed by atoms with E-state index >= 15 is 0 Å². The summed E-state index contributed by atoms with van der Waals surface area (Å²) in [7, 11) is 4.76. The molecule has 1 aromatic carbocycles. The van der Waals surface area contributed by atoms with Crippen molar-refractivity contribution >= 4 is 10.8 Å². The number of pyridine rings is 1. The van der Waals surface area contributed by atoms with Gasteiger partial charge in [-0.15, -0.1) is 0 Å². The molecule has 0 radical (unpaired) electrons. The Morgan fingerprint density at radius 1 is 1.06 bits per heavy atom. The van der Waals surface area contributed by atoms with E-state index in [1.165, 1.54) is 0 Å². The summed E-state index contributed by atoms with van der Waals surface area (Å²) in [6.07, 6.45) is 1.71. The second-order valence-corrected chi connectivity index (χ2v) is 3.70. The van der Waals surface area contributed by atoms with Gasteiger partial charge < -0.3 is 19.9 Å². The second-order valence-electron chi connectivity index (χ2n) is 3.70. The first-order chi connectivity index (χ1) is 8.76. The maximum atomic E-state index is 5.69. The van der Waals surface area contributed by atoms with Crippen LogP contribution in [-0.2, 0) is 6.54 Å². The van der Waals surface area contributed by atoms with Crippen molar-refractivity contribution in [3.63, 3.8) is 0 Å². The SMILES string of the molecule is COc1cc2c(CN)nccc2c(OC)c1OC. The van der Waals surface area contributed by atoms with Crippen LogP contribution in [0.3, 0.4) is 0 Å². The van der Waals surface area contributed by atoms with Crippen molar-refractivity contribution in [2.24, 2.45) is 5.73 Å². The largest absolute Gasteiger partial charge is 0.493 e. The third-order valence-corrected chi connectivity index (χ3v) is 2.84. The lowest BCUT2D eigenvalue weighted by Gasteiger charge is -2.15. The minimum atomic E-state index is 0.357. The van der Waals surface area contributed by atoms with Gasteiger partial charge >= 0.3 is 0 Å². The summed E-state index contributed by atoms with van der Waals surface area (Å²) in [4.78, 5) is 4.25. The molecule has 5 nitrogen and oxygen atoms in total. The van der Waals surface area contributed by atoms with Gasteiger partial charge in [-0.1, -0.05) is 0 Å². The number of fused-ring (bicyclic) bond motifs is 1. The summed E-state index contributed by atoms with van der Waals surface area (Å²) in [6, 6.07) is 3.74. The van der Waals surface area contributed by atoms with Gasteiger partial charge in [0.05, 0.1) is 27.0 Å². The second kappa shape index (κ2) is 5.10. The molecule has 2 rings (SSSR count). The summed E-state index contributed by atoms with van der Waals surface area (Å²) >= 11 is 0. The highest BCUT2D eigenvalue weighted by Crippen LogP contribution is 2.43. The molecule has 0 atom stereocenters. The molecule has 2 N–H and O–H groups in total. The van der Waals surface area contributed by atoms with E-state index < -0.39 is 0 Å². The number of hydrogen-bond acceptors (Lipinski definition) is 5. The number of methoxy groups -OCH3 is 3. The lowest BCUT2D eigenvalue weighted by Crippen LogP contribution is -2.02. The Morgan fingerprint density at radius 3 is 2.33 bits per heavy atom.